The van der Waals surface area contributed by atoms with Crippen LogP contribution in [0.4, 0.5) is 0 Å². The van der Waals surface area contributed by atoms with Crippen molar-refractivity contribution < 1.29 is 9.59 Å². The Bertz CT molecular complexity index is 541. The predicted molar refractivity (Wildman–Crippen MR) is 100 cm³/mol. The Hall–Kier alpha value is -1.59. The summed E-state index contributed by atoms with van der Waals surface area (Å²) >= 11 is 0. The summed E-state index contributed by atoms with van der Waals surface area (Å²) in [6, 6.07) is 5.79. The highest BCUT2D eigenvalue weighted by Gasteiger charge is 2.18. The number of aryl methyl sites for hydroxylation is 2. The maximum Gasteiger partial charge on any atom is 0.239 e. The second-order valence-corrected chi connectivity index (χ2v) is 6.66. The average Bonchev–Trinajstić information content (AvgIpc) is 2.42. The van der Waals surface area contributed by atoms with Gasteiger partial charge in [-0.2, -0.15) is 0 Å². The highest BCUT2D eigenvalue weighted by molar-refractivity contribution is 5.87. The molecule has 0 aliphatic rings. The van der Waals surface area contributed by atoms with Crippen LogP contribution < -0.4 is 16.4 Å². The minimum atomic E-state index is -0.588. The van der Waals surface area contributed by atoms with E-state index in [-0.39, 0.29) is 42.7 Å². The Kier molecular flexibility index (Phi) is 9.63. The van der Waals surface area contributed by atoms with Gasteiger partial charge in [-0.1, -0.05) is 43.2 Å². The van der Waals surface area contributed by atoms with Crippen molar-refractivity contribution in [1.82, 2.24) is 10.6 Å². The zero-order valence-electron chi connectivity index (χ0n) is 15.2. The predicted octanol–water partition coefficient (Wildman–Crippen LogP) is 1.87. The number of amides is 2. The first-order valence-corrected chi connectivity index (χ1v) is 8.09. The summed E-state index contributed by atoms with van der Waals surface area (Å²) in [5.74, 6) is -0.454. The number of nitrogens with one attached hydrogen (secondary N) is 2. The number of carbonyl (C=O) groups excluding carboxylic acids is 2. The Morgan fingerprint density at radius 2 is 1.62 bits per heavy atom. The second kappa shape index (κ2) is 10.3. The van der Waals surface area contributed by atoms with Crippen LogP contribution in [0.15, 0.2) is 18.2 Å². The van der Waals surface area contributed by atoms with Crippen LogP contribution in [0.5, 0.6) is 0 Å². The number of halogens is 1. The van der Waals surface area contributed by atoms with Crippen LogP contribution in [0.1, 0.15) is 37.5 Å². The normalized spacial score (nSPS) is 13.0. The van der Waals surface area contributed by atoms with Gasteiger partial charge in [-0.25, -0.2) is 0 Å². The molecule has 0 aliphatic heterocycles. The largest absolute Gasteiger partial charge is 0.352 e. The molecule has 0 saturated carbocycles. The molecule has 0 saturated heterocycles. The van der Waals surface area contributed by atoms with E-state index in [0.717, 1.165) is 6.42 Å². The van der Waals surface area contributed by atoms with Crippen molar-refractivity contribution in [1.29, 1.82) is 0 Å². The molecule has 4 N–H and O–H groups in total. The summed E-state index contributed by atoms with van der Waals surface area (Å²) in [5, 5.41) is 5.47. The number of benzene rings is 1. The van der Waals surface area contributed by atoms with Crippen molar-refractivity contribution >= 4 is 24.2 Å². The molecule has 0 radical (unpaired) electrons. The summed E-state index contributed by atoms with van der Waals surface area (Å²) in [4.78, 5) is 23.6. The number of rotatable bonds is 7. The van der Waals surface area contributed by atoms with E-state index in [1.807, 2.05) is 20.8 Å². The van der Waals surface area contributed by atoms with Crippen molar-refractivity contribution in [2.24, 2.45) is 11.7 Å². The smallest absolute Gasteiger partial charge is 0.239 e. The molecule has 0 spiro atoms. The van der Waals surface area contributed by atoms with Crippen LogP contribution in [-0.2, 0) is 16.0 Å². The standard InChI is InChI=1S/C18H29N3O2.ClH/c1-11(2)17(19)18(23)20-10-16(22)21-14(5)9-15-7-12(3)6-13(4)8-15;/h6-8,11,14,17H,9-10,19H2,1-5H3,(H,20,23)(H,21,22);1H/t14?,17-;/m0./s1. The molecule has 0 aliphatic carbocycles. The molecule has 1 aromatic rings. The van der Waals surface area contributed by atoms with Crippen LogP contribution in [-0.4, -0.2) is 30.4 Å². The monoisotopic (exact) mass is 355 g/mol. The lowest BCUT2D eigenvalue weighted by molar-refractivity contribution is -0.127. The first-order chi connectivity index (χ1) is 10.7. The van der Waals surface area contributed by atoms with Gasteiger partial charge in [0, 0.05) is 6.04 Å². The molecule has 5 nitrogen and oxygen atoms in total. The lowest BCUT2D eigenvalue weighted by Gasteiger charge is -2.17. The Balaban J connectivity index is 0.00000529. The first-order valence-electron chi connectivity index (χ1n) is 8.09. The van der Waals surface area contributed by atoms with Crippen molar-refractivity contribution in [2.75, 3.05) is 6.54 Å². The lowest BCUT2D eigenvalue weighted by atomic mass is 10.0. The van der Waals surface area contributed by atoms with Crippen LogP contribution in [0.25, 0.3) is 0 Å². The average molecular weight is 356 g/mol. The van der Waals surface area contributed by atoms with Crippen molar-refractivity contribution in [2.45, 2.75) is 53.1 Å². The molecule has 0 fully saturated rings. The van der Waals surface area contributed by atoms with E-state index in [9.17, 15) is 9.59 Å². The Labute approximate surface area is 151 Å². The summed E-state index contributed by atoms with van der Waals surface area (Å²) in [5.41, 5.74) is 9.36. The minimum Gasteiger partial charge on any atom is -0.352 e. The molecule has 0 aromatic heterocycles. The fourth-order valence-corrected chi connectivity index (χ4v) is 2.51. The zero-order chi connectivity index (χ0) is 17.6. The molecule has 1 rings (SSSR count). The molecular formula is C18H30ClN3O2. The van der Waals surface area contributed by atoms with E-state index in [1.165, 1.54) is 16.7 Å². The van der Waals surface area contributed by atoms with Gasteiger partial charge >= 0.3 is 0 Å². The van der Waals surface area contributed by atoms with Crippen LogP contribution in [0.3, 0.4) is 0 Å². The van der Waals surface area contributed by atoms with Crippen molar-refractivity contribution in [3.8, 4) is 0 Å². The number of hydrogen-bond acceptors (Lipinski definition) is 3. The van der Waals surface area contributed by atoms with E-state index in [1.54, 1.807) is 0 Å². The van der Waals surface area contributed by atoms with E-state index in [0.29, 0.717) is 0 Å². The lowest BCUT2D eigenvalue weighted by Crippen LogP contribution is -2.48. The summed E-state index contributed by atoms with van der Waals surface area (Å²) in [7, 11) is 0. The second-order valence-electron chi connectivity index (χ2n) is 6.66. The third kappa shape index (κ3) is 7.79. The molecule has 0 heterocycles. The van der Waals surface area contributed by atoms with Gasteiger partial charge < -0.3 is 16.4 Å². The maximum atomic E-state index is 11.9. The van der Waals surface area contributed by atoms with Gasteiger partial charge in [0.2, 0.25) is 11.8 Å². The Morgan fingerprint density at radius 3 is 2.12 bits per heavy atom. The fourth-order valence-electron chi connectivity index (χ4n) is 2.51. The van der Waals surface area contributed by atoms with E-state index in [4.69, 9.17) is 5.73 Å². The number of hydrogen-bond donors (Lipinski definition) is 3. The maximum absolute atomic E-state index is 11.9. The van der Waals surface area contributed by atoms with E-state index in [2.05, 4.69) is 42.7 Å². The molecular weight excluding hydrogens is 326 g/mol. The van der Waals surface area contributed by atoms with Crippen LogP contribution >= 0.6 is 12.4 Å². The van der Waals surface area contributed by atoms with Crippen molar-refractivity contribution in [3.05, 3.63) is 34.9 Å². The Morgan fingerprint density at radius 1 is 1.08 bits per heavy atom. The molecule has 136 valence electrons. The fraction of sp³-hybridized carbons (Fsp3) is 0.556. The highest BCUT2D eigenvalue weighted by Crippen LogP contribution is 2.10. The van der Waals surface area contributed by atoms with Gasteiger partial charge in [0.1, 0.15) is 0 Å². The molecule has 24 heavy (non-hydrogen) atoms. The molecule has 1 unspecified atom stereocenters. The zero-order valence-corrected chi connectivity index (χ0v) is 16.0. The third-order valence-electron chi connectivity index (χ3n) is 3.67. The van der Waals surface area contributed by atoms with E-state index < -0.39 is 6.04 Å². The van der Waals surface area contributed by atoms with Gasteiger partial charge in [-0.15, -0.1) is 12.4 Å². The molecule has 6 heteroatoms. The SMILES string of the molecule is Cc1cc(C)cc(CC(C)NC(=O)CNC(=O)[C@@H](N)C(C)C)c1.Cl. The first kappa shape index (κ1) is 22.4. The van der Waals surface area contributed by atoms with Crippen molar-refractivity contribution in [3.63, 3.8) is 0 Å². The quantitative estimate of drug-likeness (QED) is 0.698. The van der Waals surface area contributed by atoms with Crippen LogP contribution in [0, 0.1) is 19.8 Å². The highest BCUT2D eigenvalue weighted by atomic mass is 35.5. The van der Waals surface area contributed by atoms with Gasteiger partial charge in [-0.3, -0.25) is 9.59 Å². The van der Waals surface area contributed by atoms with Gasteiger partial charge in [0.25, 0.3) is 0 Å². The molecule has 1 aromatic carbocycles. The third-order valence-corrected chi connectivity index (χ3v) is 3.67. The van der Waals surface area contributed by atoms with E-state index >= 15 is 0 Å². The molecule has 0 bridgehead atoms. The number of carbonyl (C=O) groups is 2. The van der Waals surface area contributed by atoms with Gasteiger partial charge in [0.15, 0.2) is 0 Å². The number of nitrogens with two attached hydrogens (primary N) is 1. The van der Waals surface area contributed by atoms with Gasteiger partial charge in [-0.05, 0) is 38.7 Å². The topological polar surface area (TPSA) is 84.2 Å². The minimum absolute atomic E-state index is 0. The summed E-state index contributed by atoms with van der Waals surface area (Å²) < 4.78 is 0. The molecule has 2 amide bonds. The van der Waals surface area contributed by atoms with Crippen LogP contribution in [0.2, 0.25) is 0 Å². The van der Waals surface area contributed by atoms with Gasteiger partial charge in [0.05, 0.1) is 12.6 Å². The summed E-state index contributed by atoms with van der Waals surface area (Å²) in [6.07, 6.45) is 0.758. The summed E-state index contributed by atoms with van der Waals surface area (Å²) in [6.45, 7) is 9.78. The molecule has 2 atom stereocenters.